The van der Waals surface area contributed by atoms with Gasteiger partial charge in [0.1, 0.15) is 5.75 Å². The quantitative estimate of drug-likeness (QED) is 0.210. The molecule has 3 aromatic carbocycles. The highest BCUT2D eigenvalue weighted by Gasteiger charge is 2.32. The average Bonchev–Trinajstić information content (AvgIpc) is 3.10. The van der Waals surface area contributed by atoms with Gasteiger partial charge in [0, 0.05) is 39.5 Å². The Morgan fingerprint density at radius 3 is 2.32 bits per heavy atom. The summed E-state index contributed by atoms with van der Waals surface area (Å²) in [5.74, 6) is -3.49. The standard InChI is InChI=1S/C26H18ClF4NO5/c1-13-23(24(33)15-3-5-16(27)6-4-15)19-9-8-18(37-26(29,30)31)12-21(19)32(13)17-7-10-20(28)22(11-17)36-14(2)25(34)35/h3-12,14H,1-2H3,(H,34,35)/t14-/m0/s1. The monoisotopic (exact) mass is 535 g/mol. The highest BCUT2D eigenvalue weighted by atomic mass is 35.5. The molecule has 1 atom stereocenters. The van der Waals surface area contributed by atoms with E-state index in [1.807, 2.05) is 0 Å². The second kappa shape index (κ2) is 9.78. The number of aliphatic carboxylic acids is 1. The lowest BCUT2D eigenvalue weighted by Crippen LogP contribution is -2.23. The topological polar surface area (TPSA) is 77.8 Å². The zero-order valence-corrected chi connectivity index (χ0v) is 20.0. The van der Waals surface area contributed by atoms with Crippen molar-refractivity contribution < 1.29 is 41.7 Å². The SMILES string of the molecule is Cc1c(C(=O)c2ccc(Cl)cc2)c2ccc(OC(F)(F)F)cc2n1-c1ccc(F)c(O[C@@H](C)C(=O)O)c1. The number of ether oxygens (including phenoxy) is 2. The molecule has 0 fully saturated rings. The normalized spacial score (nSPS) is 12.4. The summed E-state index contributed by atoms with van der Waals surface area (Å²) >= 11 is 5.93. The summed E-state index contributed by atoms with van der Waals surface area (Å²) < 4.78 is 63.9. The highest BCUT2D eigenvalue weighted by Crippen LogP contribution is 2.36. The number of carboxylic acid groups (broad SMARTS) is 1. The molecule has 0 unspecified atom stereocenters. The molecule has 4 aromatic rings. The molecule has 37 heavy (non-hydrogen) atoms. The van der Waals surface area contributed by atoms with Crippen LogP contribution in [-0.2, 0) is 4.79 Å². The van der Waals surface area contributed by atoms with Gasteiger partial charge in [0.15, 0.2) is 23.5 Å². The van der Waals surface area contributed by atoms with Gasteiger partial charge >= 0.3 is 12.3 Å². The fraction of sp³-hybridized carbons (Fsp3) is 0.154. The summed E-state index contributed by atoms with van der Waals surface area (Å²) in [5, 5.41) is 9.85. The summed E-state index contributed by atoms with van der Waals surface area (Å²) in [6.07, 6.45) is -6.33. The van der Waals surface area contributed by atoms with Crippen LogP contribution in [0.2, 0.25) is 5.02 Å². The average molecular weight is 536 g/mol. The first-order valence-corrected chi connectivity index (χ1v) is 11.1. The number of fused-ring (bicyclic) bond motifs is 1. The number of rotatable bonds is 7. The Bertz CT molecular complexity index is 1510. The predicted molar refractivity (Wildman–Crippen MR) is 127 cm³/mol. The van der Waals surface area contributed by atoms with Crippen molar-refractivity contribution in [2.75, 3.05) is 0 Å². The van der Waals surface area contributed by atoms with E-state index < -0.39 is 35.8 Å². The maximum absolute atomic E-state index is 14.4. The van der Waals surface area contributed by atoms with Crippen molar-refractivity contribution in [2.45, 2.75) is 26.3 Å². The van der Waals surface area contributed by atoms with Crippen LogP contribution in [0.5, 0.6) is 11.5 Å². The van der Waals surface area contributed by atoms with Gasteiger partial charge in [-0.1, -0.05) is 11.6 Å². The molecule has 1 N–H and O–H groups in total. The van der Waals surface area contributed by atoms with Crippen molar-refractivity contribution in [1.82, 2.24) is 4.57 Å². The number of halogens is 5. The molecule has 11 heteroatoms. The molecule has 1 aromatic heterocycles. The lowest BCUT2D eigenvalue weighted by Gasteiger charge is -2.15. The van der Waals surface area contributed by atoms with E-state index in [-0.39, 0.29) is 22.5 Å². The van der Waals surface area contributed by atoms with E-state index >= 15 is 0 Å². The molecular weight excluding hydrogens is 518 g/mol. The number of nitrogens with zero attached hydrogens (tertiary/aromatic N) is 1. The maximum atomic E-state index is 14.4. The number of alkyl halides is 3. The van der Waals surface area contributed by atoms with Crippen molar-refractivity contribution in [3.8, 4) is 17.2 Å². The second-order valence-corrected chi connectivity index (χ2v) is 8.51. The number of aromatic nitrogens is 1. The Morgan fingerprint density at radius 1 is 1.03 bits per heavy atom. The van der Waals surface area contributed by atoms with E-state index in [1.54, 1.807) is 6.92 Å². The van der Waals surface area contributed by atoms with Crippen LogP contribution >= 0.6 is 11.6 Å². The van der Waals surface area contributed by atoms with E-state index in [4.69, 9.17) is 21.4 Å². The van der Waals surface area contributed by atoms with Crippen molar-refractivity contribution in [1.29, 1.82) is 0 Å². The molecule has 1 heterocycles. The van der Waals surface area contributed by atoms with Gasteiger partial charge in [-0.3, -0.25) is 4.79 Å². The first-order valence-electron chi connectivity index (χ1n) is 10.8. The molecule has 0 aliphatic heterocycles. The molecule has 0 aliphatic rings. The maximum Gasteiger partial charge on any atom is 0.573 e. The van der Waals surface area contributed by atoms with Gasteiger partial charge in [0.25, 0.3) is 0 Å². The van der Waals surface area contributed by atoms with Crippen molar-refractivity contribution in [3.63, 3.8) is 0 Å². The number of benzene rings is 3. The van der Waals surface area contributed by atoms with Gasteiger partial charge in [-0.05, 0) is 62.4 Å². The Labute approximate surface area is 212 Å². The second-order valence-electron chi connectivity index (χ2n) is 8.07. The van der Waals surface area contributed by atoms with E-state index in [0.29, 0.717) is 21.7 Å². The van der Waals surface area contributed by atoms with Crippen LogP contribution < -0.4 is 9.47 Å². The Kier molecular flexibility index (Phi) is 6.88. The molecule has 6 nitrogen and oxygen atoms in total. The number of carboxylic acids is 1. The van der Waals surface area contributed by atoms with E-state index in [0.717, 1.165) is 18.2 Å². The van der Waals surface area contributed by atoms with Gasteiger partial charge < -0.3 is 19.1 Å². The summed E-state index contributed by atoms with van der Waals surface area (Å²) in [4.78, 5) is 24.7. The first kappa shape index (κ1) is 26.0. The summed E-state index contributed by atoms with van der Waals surface area (Å²) in [7, 11) is 0. The van der Waals surface area contributed by atoms with Gasteiger partial charge in [0.05, 0.1) is 11.1 Å². The van der Waals surface area contributed by atoms with E-state index in [1.165, 1.54) is 54.0 Å². The molecule has 0 radical (unpaired) electrons. The van der Waals surface area contributed by atoms with Gasteiger partial charge in [-0.2, -0.15) is 0 Å². The molecular formula is C26H18ClF4NO5. The fourth-order valence-corrected chi connectivity index (χ4v) is 4.05. The Balaban J connectivity index is 1.94. The van der Waals surface area contributed by atoms with Crippen molar-refractivity contribution in [3.05, 3.63) is 88.3 Å². The summed E-state index contributed by atoms with van der Waals surface area (Å²) in [6, 6.07) is 13.2. The van der Waals surface area contributed by atoms with Crippen molar-refractivity contribution >= 4 is 34.3 Å². The zero-order chi connectivity index (χ0) is 27.1. The lowest BCUT2D eigenvalue weighted by molar-refractivity contribution is -0.274. The minimum absolute atomic E-state index is 0.167. The Hall–Kier alpha value is -4.05. The van der Waals surface area contributed by atoms with Crippen LogP contribution in [0.1, 0.15) is 28.5 Å². The van der Waals surface area contributed by atoms with E-state index in [2.05, 4.69) is 4.74 Å². The van der Waals surface area contributed by atoms with Crippen LogP contribution in [0.25, 0.3) is 16.6 Å². The Morgan fingerprint density at radius 2 is 1.70 bits per heavy atom. The fourth-order valence-electron chi connectivity index (χ4n) is 3.92. The molecule has 0 saturated heterocycles. The molecule has 0 saturated carbocycles. The lowest BCUT2D eigenvalue weighted by atomic mass is 10.0. The van der Waals surface area contributed by atoms with Gasteiger partial charge in [0.2, 0.25) is 0 Å². The molecule has 0 amide bonds. The third kappa shape index (κ3) is 5.39. The number of carbonyl (C=O) groups excluding carboxylic acids is 1. The summed E-state index contributed by atoms with van der Waals surface area (Å²) in [6.45, 7) is 2.80. The molecule has 0 spiro atoms. The van der Waals surface area contributed by atoms with Gasteiger partial charge in [-0.15, -0.1) is 13.2 Å². The smallest absolute Gasteiger partial charge is 0.479 e. The highest BCUT2D eigenvalue weighted by molar-refractivity contribution is 6.30. The van der Waals surface area contributed by atoms with Crippen LogP contribution in [0.4, 0.5) is 17.6 Å². The number of ketones is 1. The zero-order valence-electron chi connectivity index (χ0n) is 19.3. The van der Waals surface area contributed by atoms with Crippen LogP contribution in [-0.4, -0.2) is 33.9 Å². The first-order chi connectivity index (χ1) is 17.4. The van der Waals surface area contributed by atoms with Crippen molar-refractivity contribution in [2.24, 2.45) is 0 Å². The molecule has 192 valence electrons. The molecule has 4 rings (SSSR count). The van der Waals surface area contributed by atoms with Gasteiger partial charge in [-0.25, -0.2) is 9.18 Å². The third-order valence-corrected chi connectivity index (χ3v) is 5.82. The minimum atomic E-state index is -4.95. The molecule has 0 bridgehead atoms. The predicted octanol–water partition coefficient (Wildman–Crippen LogP) is 6.71. The number of carbonyl (C=O) groups is 2. The minimum Gasteiger partial charge on any atom is -0.479 e. The van der Waals surface area contributed by atoms with Crippen LogP contribution in [0, 0.1) is 12.7 Å². The number of hydrogen-bond acceptors (Lipinski definition) is 4. The number of hydrogen-bond donors (Lipinski definition) is 1. The third-order valence-electron chi connectivity index (χ3n) is 5.57. The van der Waals surface area contributed by atoms with E-state index in [9.17, 15) is 27.2 Å². The summed E-state index contributed by atoms with van der Waals surface area (Å²) in [5.41, 5.74) is 1.21. The van der Waals surface area contributed by atoms with Crippen LogP contribution in [0.15, 0.2) is 60.7 Å². The largest absolute Gasteiger partial charge is 0.573 e. The van der Waals surface area contributed by atoms with Crippen LogP contribution in [0.3, 0.4) is 0 Å². The molecule has 0 aliphatic carbocycles.